The van der Waals surface area contributed by atoms with Crippen molar-refractivity contribution in [1.29, 1.82) is 0 Å². The first-order valence-electron chi connectivity index (χ1n) is 8.19. The van der Waals surface area contributed by atoms with Gasteiger partial charge in [-0.15, -0.1) is 0 Å². The molecule has 2 N–H and O–H groups in total. The Labute approximate surface area is 140 Å². The highest BCUT2D eigenvalue weighted by Crippen LogP contribution is 2.32. The first-order valence-corrected chi connectivity index (χ1v) is 8.19. The molecule has 1 heterocycles. The van der Waals surface area contributed by atoms with Crippen molar-refractivity contribution in [3.8, 4) is 0 Å². The molecular formula is C17H21N4O3-. The summed E-state index contributed by atoms with van der Waals surface area (Å²) in [6.07, 6.45) is 2.38. The molecule has 0 spiro atoms. The van der Waals surface area contributed by atoms with Crippen molar-refractivity contribution < 1.29 is 14.7 Å². The zero-order chi connectivity index (χ0) is 17.3. The lowest BCUT2D eigenvalue weighted by Gasteiger charge is -2.12. The lowest BCUT2D eigenvalue weighted by molar-refractivity contribution is -0.255. The molecular weight excluding hydrogens is 308 g/mol. The van der Waals surface area contributed by atoms with Crippen LogP contribution in [0.25, 0.3) is 11.0 Å². The predicted octanol–water partition coefficient (Wildman–Crippen LogP) is 1.02. The summed E-state index contributed by atoms with van der Waals surface area (Å²) < 4.78 is 2.07. The summed E-state index contributed by atoms with van der Waals surface area (Å²) in [5.41, 5.74) is 1.60. The molecule has 1 aromatic carbocycles. The number of fused-ring (bicyclic) bond motifs is 1. The van der Waals surface area contributed by atoms with E-state index in [0.29, 0.717) is 18.0 Å². The van der Waals surface area contributed by atoms with Crippen LogP contribution < -0.4 is 15.7 Å². The molecule has 0 bridgehead atoms. The van der Waals surface area contributed by atoms with Gasteiger partial charge in [-0.3, -0.25) is 0 Å². The minimum Gasteiger partial charge on any atom is -0.545 e. The fourth-order valence-corrected chi connectivity index (χ4v) is 2.68. The molecule has 0 atom stereocenters. The second-order valence-corrected chi connectivity index (χ2v) is 6.55. The Hall–Kier alpha value is -2.57. The van der Waals surface area contributed by atoms with E-state index in [-0.39, 0.29) is 17.6 Å². The molecule has 0 aliphatic heterocycles. The Bertz CT molecular complexity index is 777. The molecule has 0 radical (unpaired) electrons. The Morgan fingerprint density at radius 3 is 2.75 bits per heavy atom. The number of carboxylic acid groups (broad SMARTS) is 1. The summed E-state index contributed by atoms with van der Waals surface area (Å²) in [7, 11) is 0. The van der Waals surface area contributed by atoms with Gasteiger partial charge < -0.3 is 25.1 Å². The molecule has 7 heteroatoms. The van der Waals surface area contributed by atoms with Gasteiger partial charge in [0.1, 0.15) is 5.82 Å². The molecule has 2 aromatic rings. The van der Waals surface area contributed by atoms with Gasteiger partial charge in [-0.05, 0) is 50.3 Å². The van der Waals surface area contributed by atoms with E-state index in [0.717, 1.165) is 17.9 Å². The Morgan fingerprint density at radius 2 is 2.12 bits per heavy atom. The second kappa shape index (κ2) is 6.51. The van der Waals surface area contributed by atoms with E-state index in [2.05, 4.69) is 20.2 Å². The van der Waals surface area contributed by atoms with Crippen LogP contribution in [0, 0.1) is 5.92 Å². The minimum atomic E-state index is -1.22. The van der Waals surface area contributed by atoms with Crippen molar-refractivity contribution in [3.05, 3.63) is 29.6 Å². The van der Waals surface area contributed by atoms with Gasteiger partial charge in [-0.2, -0.15) is 0 Å². The SMILES string of the molecule is CC(C)NC(=O)NCc1nc2cc(C(=O)[O-])ccc2n1CC1CC1. The molecule has 128 valence electrons. The number of aromatic carboxylic acids is 1. The van der Waals surface area contributed by atoms with E-state index in [1.165, 1.54) is 25.0 Å². The number of carbonyl (C=O) groups is 2. The number of rotatable bonds is 6. The maximum absolute atomic E-state index is 11.8. The molecule has 0 saturated heterocycles. The molecule has 24 heavy (non-hydrogen) atoms. The summed E-state index contributed by atoms with van der Waals surface area (Å²) in [4.78, 5) is 27.3. The van der Waals surface area contributed by atoms with E-state index in [1.807, 2.05) is 13.8 Å². The van der Waals surface area contributed by atoms with Gasteiger partial charge in [0.25, 0.3) is 0 Å². The van der Waals surface area contributed by atoms with Crippen molar-refractivity contribution in [1.82, 2.24) is 20.2 Å². The maximum atomic E-state index is 11.8. The van der Waals surface area contributed by atoms with Crippen LogP contribution in [0.15, 0.2) is 18.2 Å². The predicted molar refractivity (Wildman–Crippen MR) is 87.3 cm³/mol. The lowest BCUT2D eigenvalue weighted by atomic mass is 10.2. The van der Waals surface area contributed by atoms with Crippen LogP contribution in [0.5, 0.6) is 0 Å². The van der Waals surface area contributed by atoms with Gasteiger partial charge in [-0.1, -0.05) is 6.07 Å². The summed E-state index contributed by atoms with van der Waals surface area (Å²) in [5, 5.41) is 16.6. The van der Waals surface area contributed by atoms with E-state index in [1.54, 1.807) is 6.07 Å². The van der Waals surface area contributed by atoms with Crippen LogP contribution >= 0.6 is 0 Å². The quantitative estimate of drug-likeness (QED) is 0.826. The number of carboxylic acids is 1. The van der Waals surface area contributed by atoms with Gasteiger partial charge in [-0.25, -0.2) is 9.78 Å². The van der Waals surface area contributed by atoms with Crippen molar-refractivity contribution in [2.45, 2.75) is 45.8 Å². The fraction of sp³-hybridized carbons (Fsp3) is 0.471. The number of amides is 2. The largest absolute Gasteiger partial charge is 0.545 e. The third-order valence-corrected chi connectivity index (χ3v) is 4.03. The average Bonchev–Trinajstić information content (AvgIpc) is 3.26. The second-order valence-electron chi connectivity index (χ2n) is 6.55. The smallest absolute Gasteiger partial charge is 0.315 e. The minimum absolute atomic E-state index is 0.0564. The molecule has 1 aliphatic carbocycles. The zero-order valence-corrected chi connectivity index (χ0v) is 13.8. The van der Waals surface area contributed by atoms with Gasteiger partial charge >= 0.3 is 6.03 Å². The van der Waals surface area contributed by atoms with Crippen LogP contribution in [0.3, 0.4) is 0 Å². The molecule has 0 unspecified atom stereocenters. The standard InChI is InChI=1S/C17H22N4O3/c1-10(2)19-17(24)18-8-15-20-13-7-12(16(22)23)5-6-14(13)21(15)9-11-3-4-11/h5-7,10-11H,3-4,8-9H2,1-2H3,(H,22,23)(H2,18,19,24)/p-1. The van der Waals surface area contributed by atoms with Crippen LogP contribution in [0.2, 0.25) is 0 Å². The van der Waals surface area contributed by atoms with E-state index in [9.17, 15) is 14.7 Å². The van der Waals surface area contributed by atoms with Crippen LogP contribution in [-0.4, -0.2) is 27.6 Å². The monoisotopic (exact) mass is 329 g/mol. The number of urea groups is 1. The van der Waals surface area contributed by atoms with Crippen LogP contribution in [0.1, 0.15) is 42.9 Å². The highest BCUT2D eigenvalue weighted by molar-refractivity contribution is 5.91. The van der Waals surface area contributed by atoms with Crippen molar-refractivity contribution in [3.63, 3.8) is 0 Å². The zero-order valence-electron chi connectivity index (χ0n) is 13.8. The van der Waals surface area contributed by atoms with Crippen molar-refractivity contribution in [2.75, 3.05) is 0 Å². The number of imidazole rings is 1. The molecule has 1 aromatic heterocycles. The van der Waals surface area contributed by atoms with Crippen molar-refractivity contribution in [2.24, 2.45) is 5.92 Å². The fourth-order valence-electron chi connectivity index (χ4n) is 2.68. The topological polar surface area (TPSA) is 99.1 Å². The number of nitrogens with zero attached hydrogens (tertiary/aromatic N) is 2. The average molecular weight is 329 g/mol. The molecule has 1 fully saturated rings. The third-order valence-electron chi connectivity index (χ3n) is 4.03. The highest BCUT2D eigenvalue weighted by Gasteiger charge is 2.24. The van der Waals surface area contributed by atoms with E-state index >= 15 is 0 Å². The van der Waals surface area contributed by atoms with Crippen LogP contribution in [-0.2, 0) is 13.1 Å². The number of nitrogens with one attached hydrogen (secondary N) is 2. The Kier molecular flexibility index (Phi) is 4.42. The molecule has 1 saturated carbocycles. The number of hydrogen-bond donors (Lipinski definition) is 2. The Morgan fingerprint density at radius 1 is 1.38 bits per heavy atom. The normalized spacial score (nSPS) is 14.1. The molecule has 1 aliphatic rings. The third kappa shape index (κ3) is 3.67. The molecule has 7 nitrogen and oxygen atoms in total. The summed E-state index contributed by atoms with van der Waals surface area (Å²) in [6, 6.07) is 4.62. The van der Waals surface area contributed by atoms with E-state index < -0.39 is 5.97 Å². The Balaban J connectivity index is 1.86. The molecule has 3 rings (SSSR count). The number of carbonyl (C=O) groups excluding carboxylic acids is 2. The van der Waals surface area contributed by atoms with Crippen molar-refractivity contribution >= 4 is 23.0 Å². The summed E-state index contributed by atoms with van der Waals surface area (Å²) in [5.74, 6) is 0.141. The van der Waals surface area contributed by atoms with Crippen LogP contribution in [0.4, 0.5) is 4.79 Å². The molecule has 2 amide bonds. The number of aromatic nitrogens is 2. The van der Waals surface area contributed by atoms with Gasteiger partial charge in [0.15, 0.2) is 0 Å². The van der Waals surface area contributed by atoms with Gasteiger partial charge in [0.2, 0.25) is 0 Å². The van der Waals surface area contributed by atoms with Gasteiger partial charge in [0, 0.05) is 12.6 Å². The maximum Gasteiger partial charge on any atom is 0.315 e. The lowest BCUT2D eigenvalue weighted by Crippen LogP contribution is -2.39. The van der Waals surface area contributed by atoms with E-state index in [4.69, 9.17) is 0 Å². The van der Waals surface area contributed by atoms with Gasteiger partial charge in [0.05, 0.1) is 23.5 Å². The first-order chi connectivity index (χ1) is 11.4. The number of benzene rings is 1. The summed E-state index contributed by atoms with van der Waals surface area (Å²) >= 11 is 0. The number of hydrogen-bond acceptors (Lipinski definition) is 4. The summed E-state index contributed by atoms with van der Waals surface area (Å²) in [6.45, 7) is 4.91. The first kappa shape index (κ1) is 16.3. The highest BCUT2D eigenvalue weighted by atomic mass is 16.4.